The van der Waals surface area contributed by atoms with Crippen LogP contribution in [-0.2, 0) is 0 Å². The van der Waals surface area contributed by atoms with Gasteiger partial charge in [-0.05, 0) is 17.7 Å². The van der Waals surface area contributed by atoms with Gasteiger partial charge < -0.3 is 5.32 Å². The smallest absolute Gasteiger partial charge is 0.320 e. The van der Waals surface area contributed by atoms with Crippen molar-refractivity contribution in [2.24, 2.45) is 5.10 Å². The van der Waals surface area contributed by atoms with Crippen LogP contribution in [0.15, 0.2) is 48.1 Å². The van der Waals surface area contributed by atoms with Crippen molar-refractivity contribution < 1.29 is 4.79 Å². The molecule has 0 fully saturated rings. The lowest BCUT2D eigenvalue weighted by atomic mass is 10.1. The lowest BCUT2D eigenvalue weighted by Gasteiger charge is -2.07. The molecule has 1 aromatic carbocycles. The number of hydrogen-bond acceptors (Lipinski definition) is 4. The Labute approximate surface area is 122 Å². The third kappa shape index (κ3) is 3.52. The number of amides is 2. The zero-order valence-electron chi connectivity index (χ0n) is 10.7. The fourth-order valence-electron chi connectivity index (χ4n) is 1.57. The highest BCUT2D eigenvalue weighted by molar-refractivity contribution is 7.82. The molecule has 102 valence electrons. The van der Waals surface area contributed by atoms with Gasteiger partial charge in [-0.25, -0.2) is 4.79 Å². The number of fused-ring (bicyclic) bond motifs is 1. The van der Waals surface area contributed by atoms with E-state index in [4.69, 9.17) is 12.2 Å². The van der Waals surface area contributed by atoms with Crippen LogP contribution < -0.4 is 16.1 Å². The van der Waals surface area contributed by atoms with Crippen LogP contribution in [0, 0.1) is 0 Å². The summed E-state index contributed by atoms with van der Waals surface area (Å²) in [6, 6.07) is 7.35. The summed E-state index contributed by atoms with van der Waals surface area (Å²) in [4.78, 5) is 11.8. The van der Waals surface area contributed by atoms with Crippen molar-refractivity contribution in [2.75, 3.05) is 12.0 Å². The van der Waals surface area contributed by atoms with Gasteiger partial charge in [-0.3, -0.25) is 10.7 Å². The van der Waals surface area contributed by atoms with Gasteiger partial charge in [-0.15, -0.1) is 6.58 Å². The molecular weight excluding hydrogens is 272 g/mol. The van der Waals surface area contributed by atoms with E-state index in [1.165, 1.54) is 0 Å². The third-order valence-electron chi connectivity index (χ3n) is 2.55. The summed E-state index contributed by atoms with van der Waals surface area (Å²) < 4.78 is 0. The molecule has 0 atom stereocenters. The van der Waals surface area contributed by atoms with Gasteiger partial charge in [0.1, 0.15) is 10.7 Å². The number of hydrogen-bond donors (Lipinski definition) is 3. The number of carbonyl (C=O) groups is 1. The zero-order valence-corrected chi connectivity index (χ0v) is 11.5. The monoisotopic (exact) mass is 286 g/mol. The molecule has 0 saturated heterocycles. The lowest BCUT2D eigenvalue weighted by molar-refractivity contribution is 0.246. The summed E-state index contributed by atoms with van der Waals surface area (Å²) >= 11 is 5.15. The van der Waals surface area contributed by atoms with Crippen molar-refractivity contribution >= 4 is 40.7 Å². The number of benzene rings is 1. The molecule has 1 aromatic rings. The molecule has 1 heterocycles. The molecule has 6 heteroatoms. The van der Waals surface area contributed by atoms with Crippen molar-refractivity contribution in [2.45, 2.75) is 0 Å². The van der Waals surface area contributed by atoms with Crippen LogP contribution in [0.2, 0.25) is 0 Å². The standard InChI is InChI=1S/C14H14N4OS/c1-2-9-15-14(19)16-13(20)12-8-7-10-5-3-4-6-11(10)17-18-12/h2-8,17H,1,9H2,(H2,15,16,19,20). The second-order valence-corrected chi connectivity index (χ2v) is 4.39. The molecule has 0 radical (unpaired) electrons. The van der Waals surface area contributed by atoms with Gasteiger partial charge in [-0.2, -0.15) is 5.10 Å². The van der Waals surface area contributed by atoms with E-state index < -0.39 is 0 Å². The Hall–Kier alpha value is -2.47. The van der Waals surface area contributed by atoms with Gasteiger partial charge in [0.15, 0.2) is 0 Å². The average molecular weight is 286 g/mol. The first-order chi connectivity index (χ1) is 9.70. The number of rotatable bonds is 3. The maximum Gasteiger partial charge on any atom is 0.320 e. The van der Waals surface area contributed by atoms with Gasteiger partial charge in [0.05, 0.1) is 5.69 Å². The number of urea groups is 1. The summed E-state index contributed by atoms with van der Waals surface area (Å²) in [7, 11) is 0. The van der Waals surface area contributed by atoms with E-state index in [1.54, 1.807) is 12.2 Å². The van der Waals surface area contributed by atoms with Gasteiger partial charge in [0, 0.05) is 6.54 Å². The van der Waals surface area contributed by atoms with Crippen LogP contribution in [0.25, 0.3) is 6.08 Å². The predicted molar refractivity (Wildman–Crippen MR) is 85.9 cm³/mol. The molecule has 0 aromatic heterocycles. The minimum atomic E-state index is -0.382. The maximum atomic E-state index is 11.5. The van der Waals surface area contributed by atoms with Gasteiger partial charge in [-0.1, -0.05) is 42.6 Å². The SMILES string of the molecule is C=CCNC(=O)NC(=S)C1=NNc2ccccc2C=C1. The molecule has 0 saturated carbocycles. The molecule has 1 aliphatic rings. The van der Waals surface area contributed by atoms with Crippen LogP contribution in [0.3, 0.4) is 0 Å². The predicted octanol–water partition coefficient (Wildman–Crippen LogP) is 2.29. The molecule has 2 amide bonds. The summed E-state index contributed by atoms with van der Waals surface area (Å²) in [6.45, 7) is 3.89. The number of nitrogens with one attached hydrogen (secondary N) is 3. The molecule has 20 heavy (non-hydrogen) atoms. The Morgan fingerprint density at radius 1 is 1.40 bits per heavy atom. The normalized spacial score (nSPS) is 12.3. The summed E-state index contributed by atoms with van der Waals surface area (Å²) in [5, 5.41) is 9.30. The van der Waals surface area contributed by atoms with Gasteiger partial charge in [0.25, 0.3) is 0 Å². The second-order valence-electron chi connectivity index (χ2n) is 3.98. The van der Waals surface area contributed by atoms with Gasteiger partial charge >= 0.3 is 6.03 Å². The first-order valence-corrected chi connectivity index (χ1v) is 6.42. The summed E-state index contributed by atoms with van der Waals surface area (Å²) in [5.41, 5.74) is 5.30. The van der Waals surface area contributed by atoms with Gasteiger partial charge in [0.2, 0.25) is 0 Å². The number of hydrazone groups is 1. The molecule has 0 bridgehead atoms. The Bertz CT molecular complexity index is 607. The molecule has 2 rings (SSSR count). The highest BCUT2D eigenvalue weighted by Crippen LogP contribution is 2.18. The van der Waals surface area contributed by atoms with E-state index in [0.717, 1.165) is 11.3 Å². The van der Waals surface area contributed by atoms with E-state index in [-0.39, 0.29) is 11.0 Å². The Kier molecular flexibility index (Phi) is 4.62. The van der Waals surface area contributed by atoms with E-state index in [9.17, 15) is 4.79 Å². The average Bonchev–Trinajstić information content (AvgIpc) is 2.67. The van der Waals surface area contributed by atoms with E-state index in [2.05, 4.69) is 27.7 Å². The van der Waals surface area contributed by atoms with Crippen molar-refractivity contribution in [3.63, 3.8) is 0 Å². The molecular formula is C14H14N4OS. The van der Waals surface area contributed by atoms with Crippen molar-refractivity contribution in [1.29, 1.82) is 0 Å². The topological polar surface area (TPSA) is 65.5 Å². The Balaban J connectivity index is 2.04. The second kappa shape index (κ2) is 6.63. The molecule has 0 aliphatic carbocycles. The van der Waals surface area contributed by atoms with Crippen molar-refractivity contribution in [1.82, 2.24) is 10.6 Å². The molecule has 3 N–H and O–H groups in total. The lowest BCUT2D eigenvalue weighted by Crippen LogP contribution is -2.41. The number of thiocarbonyl (C=S) groups is 1. The number of anilines is 1. The highest BCUT2D eigenvalue weighted by Gasteiger charge is 2.10. The first-order valence-electron chi connectivity index (χ1n) is 6.01. The van der Waals surface area contributed by atoms with Crippen LogP contribution in [-0.4, -0.2) is 23.3 Å². The van der Waals surface area contributed by atoms with Crippen LogP contribution >= 0.6 is 12.2 Å². The van der Waals surface area contributed by atoms with Crippen molar-refractivity contribution in [3.05, 3.63) is 48.6 Å². The maximum absolute atomic E-state index is 11.5. The minimum Gasteiger partial charge on any atom is -0.334 e. The largest absolute Gasteiger partial charge is 0.334 e. The van der Waals surface area contributed by atoms with E-state index in [1.807, 2.05) is 30.3 Å². The number of nitrogens with zero attached hydrogens (tertiary/aromatic N) is 1. The molecule has 0 unspecified atom stereocenters. The highest BCUT2D eigenvalue weighted by atomic mass is 32.1. The quantitative estimate of drug-likeness (QED) is 0.590. The molecule has 5 nitrogen and oxygen atoms in total. The summed E-state index contributed by atoms with van der Waals surface area (Å²) in [6.07, 6.45) is 5.24. The van der Waals surface area contributed by atoms with E-state index in [0.29, 0.717) is 12.3 Å². The fourth-order valence-corrected chi connectivity index (χ4v) is 1.78. The van der Waals surface area contributed by atoms with Crippen LogP contribution in [0.1, 0.15) is 5.56 Å². The number of carbonyl (C=O) groups excluding carboxylic acids is 1. The first kappa shape index (κ1) is 14.0. The van der Waals surface area contributed by atoms with E-state index >= 15 is 0 Å². The van der Waals surface area contributed by atoms with Crippen LogP contribution in [0.4, 0.5) is 10.5 Å². The fraction of sp³-hybridized carbons (Fsp3) is 0.0714. The Morgan fingerprint density at radius 3 is 3.00 bits per heavy atom. The van der Waals surface area contributed by atoms with Crippen molar-refractivity contribution in [3.8, 4) is 0 Å². The molecule has 1 aliphatic heterocycles. The van der Waals surface area contributed by atoms with Crippen LogP contribution in [0.5, 0.6) is 0 Å². The number of para-hydroxylation sites is 1. The third-order valence-corrected chi connectivity index (χ3v) is 2.86. The zero-order chi connectivity index (χ0) is 14.4. The summed E-state index contributed by atoms with van der Waals surface area (Å²) in [5.74, 6) is 0. The minimum absolute atomic E-state index is 0.253. The molecule has 0 spiro atoms. The Morgan fingerprint density at radius 2 is 2.20 bits per heavy atom.